The quantitative estimate of drug-likeness (QED) is 0.400. The average molecular weight is 387 g/mol. The molecule has 0 fully saturated rings. The molecule has 0 atom stereocenters. The predicted octanol–water partition coefficient (Wildman–Crippen LogP) is 2.55. The van der Waals surface area contributed by atoms with Gasteiger partial charge >= 0.3 is 0 Å². The van der Waals surface area contributed by atoms with E-state index in [0.29, 0.717) is 17.0 Å². The fraction of sp³-hybridized carbons (Fsp3) is 0.217. The van der Waals surface area contributed by atoms with Crippen LogP contribution in [0.25, 0.3) is 10.9 Å². The van der Waals surface area contributed by atoms with E-state index in [0.717, 1.165) is 16.5 Å². The number of rotatable bonds is 6. The van der Waals surface area contributed by atoms with E-state index in [9.17, 15) is 14.4 Å². The number of nitrogens with one attached hydrogen (secondary N) is 1. The molecule has 29 heavy (non-hydrogen) atoms. The monoisotopic (exact) mass is 387 g/mol. The molecule has 0 spiro atoms. The van der Waals surface area contributed by atoms with Gasteiger partial charge in [-0.2, -0.15) is 0 Å². The highest BCUT2D eigenvalue weighted by Crippen LogP contribution is 2.24. The zero-order valence-electron chi connectivity index (χ0n) is 16.6. The van der Waals surface area contributed by atoms with Crippen molar-refractivity contribution < 1.29 is 14.4 Å². The zero-order chi connectivity index (χ0) is 21.1. The van der Waals surface area contributed by atoms with Crippen LogP contribution in [-0.4, -0.2) is 33.6 Å². The minimum absolute atomic E-state index is 0.0297. The molecule has 6 heteroatoms. The zero-order valence-corrected chi connectivity index (χ0v) is 16.6. The lowest BCUT2D eigenvalue weighted by molar-refractivity contribution is -0.116. The van der Waals surface area contributed by atoms with Crippen LogP contribution >= 0.6 is 0 Å². The fourth-order valence-corrected chi connectivity index (χ4v) is 3.54. The fourth-order valence-electron chi connectivity index (χ4n) is 3.54. The summed E-state index contributed by atoms with van der Waals surface area (Å²) in [6.45, 7) is 3.37. The Morgan fingerprint density at radius 1 is 1.21 bits per heavy atom. The highest BCUT2D eigenvalue weighted by molar-refractivity contribution is 6.43. The van der Waals surface area contributed by atoms with Crippen molar-refractivity contribution in [3.8, 4) is 12.3 Å². The Morgan fingerprint density at radius 2 is 1.97 bits per heavy atom. The van der Waals surface area contributed by atoms with Gasteiger partial charge in [-0.25, -0.2) is 0 Å². The smallest absolute Gasteiger partial charge is 0.293 e. The second-order valence-corrected chi connectivity index (χ2v) is 6.84. The molecule has 0 aliphatic rings. The van der Waals surface area contributed by atoms with Crippen LogP contribution in [0.5, 0.6) is 0 Å². The van der Waals surface area contributed by atoms with E-state index in [2.05, 4.69) is 16.2 Å². The number of carbonyl (C=O) groups is 3. The van der Waals surface area contributed by atoms with Crippen molar-refractivity contribution in [2.24, 2.45) is 7.05 Å². The number of fused-ring (bicyclic) bond motifs is 1. The van der Waals surface area contributed by atoms with Gasteiger partial charge in [-0.3, -0.25) is 19.4 Å². The van der Waals surface area contributed by atoms with Crippen LogP contribution in [0.15, 0.2) is 36.5 Å². The van der Waals surface area contributed by atoms with E-state index in [1.165, 1.54) is 0 Å². The Balaban J connectivity index is 1.92. The van der Waals surface area contributed by atoms with Crippen LogP contribution in [0.3, 0.4) is 0 Å². The topological polar surface area (TPSA) is 81.1 Å². The van der Waals surface area contributed by atoms with Crippen LogP contribution in [0.4, 0.5) is 0 Å². The molecule has 3 rings (SSSR count). The van der Waals surface area contributed by atoms with E-state index < -0.39 is 11.7 Å². The van der Waals surface area contributed by atoms with Gasteiger partial charge in [0.25, 0.3) is 11.7 Å². The first-order valence-electron chi connectivity index (χ1n) is 9.13. The highest BCUT2D eigenvalue weighted by atomic mass is 16.2. The Labute approximate surface area is 168 Å². The first-order valence-corrected chi connectivity index (χ1v) is 9.13. The Bertz CT molecular complexity index is 1180. The molecule has 0 bridgehead atoms. The van der Waals surface area contributed by atoms with Gasteiger partial charge in [0.1, 0.15) is 0 Å². The third-order valence-electron chi connectivity index (χ3n) is 5.01. The number of ketones is 2. The highest BCUT2D eigenvalue weighted by Gasteiger charge is 2.28. The largest absolute Gasteiger partial charge is 0.345 e. The van der Waals surface area contributed by atoms with Crippen LogP contribution in [-0.2, 0) is 18.3 Å². The molecule has 1 N–H and O–H groups in total. The summed E-state index contributed by atoms with van der Waals surface area (Å²) in [6.07, 6.45) is 7.03. The molecule has 0 saturated heterocycles. The summed E-state index contributed by atoms with van der Waals surface area (Å²) in [6, 6.07) is 9.48. The SMILES string of the molecule is C#CCNC(=O)C(=O)c1c(C)c(C(=O)Cc2ccc3ncccc3c2)n(C)c1C. The van der Waals surface area contributed by atoms with Crippen LogP contribution in [0.2, 0.25) is 0 Å². The number of pyridine rings is 1. The first kappa shape index (κ1) is 20.0. The summed E-state index contributed by atoms with van der Waals surface area (Å²) in [5.41, 5.74) is 3.44. The third-order valence-corrected chi connectivity index (χ3v) is 5.01. The summed E-state index contributed by atoms with van der Waals surface area (Å²) in [4.78, 5) is 42.0. The van der Waals surface area contributed by atoms with Crippen LogP contribution < -0.4 is 5.32 Å². The molecular formula is C23H21N3O3. The lowest BCUT2D eigenvalue weighted by Gasteiger charge is -2.07. The van der Waals surface area contributed by atoms with E-state index in [1.807, 2.05) is 30.3 Å². The number of Topliss-reactive ketones (excluding diaryl/α,β-unsaturated/α-hetero) is 2. The molecule has 2 aromatic heterocycles. The maximum Gasteiger partial charge on any atom is 0.293 e. The number of amides is 1. The van der Waals surface area contributed by atoms with E-state index >= 15 is 0 Å². The van der Waals surface area contributed by atoms with Gasteiger partial charge in [-0.05, 0) is 43.2 Å². The van der Waals surface area contributed by atoms with Crippen molar-refractivity contribution >= 4 is 28.4 Å². The molecule has 0 aliphatic carbocycles. The summed E-state index contributed by atoms with van der Waals surface area (Å²) >= 11 is 0. The molecule has 0 radical (unpaired) electrons. The summed E-state index contributed by atoms with van der Waals surface area (Å²) in [5.74, 6) is 0.665. The van der Waals surface area contributed by atoms with Crippen LogP contribution in [0.1, 0.15) is 37.7 Å². The number of hydrogen-bond donors (Lipinski definition) is 1. The van der Waals surface area contributed by atoms with Crippen molar-refractivity contribution in [2.45, 2.75) is 20.3 Å². The van der Waals surface area contributed by atoms with Gasteiger partial charge in [0, 0.05) is 30.7 Å². The second-order valence-electron chi connectivity index (χ2n) is 6.84. The van der Waals surface area contributed by atoms with Gasteiger partial charge in [0.05, 0.1) is 23.3 Å². The number of benzene rings is 1. The van der Waals surface area contributed by atoms with Crippen molar-refractivity contribution in [3.05, 3.63) is 64.6 Å². The van der Waals surface area contributed by atoms with Crippen molar-refractivity contribution in [1.29, 1.82) is 0 Å². The standard InChI is InChI=1S/C23H21N3O3/c1-5-10-25-23(29)22(28)20-14(2)21(26(4)15(20)3)19(27)13-16-8-9-18-17(12-16)7-6-11-24-18/h1,6-9,11-12H,10,13H2,2-4H3,(H,25,29). The minimum Gasteiger partial charge on any atom is -0.345 e. The van der Waals surface area contributed by atoms with Gasteiger partial charge in [0.15, 0.2) is 5.78 Å². The van der Waals surface area contributed by atoms with Crippen molar-refractivity contribution in [1.82, 2.24) is 14.9 Å². The molecule has 3 aromatic rings. The molecule has 6 nitrogen and oxygen atoms in total. The van der Waals surface area contributed by atoms with Gasteiger partial charge in [-0.1, -0.05) is 18.1 Å². The molecule has 0 saturated carbocycles. The summed E-state index contributed by atoms with van der Waals surface area (Å²) < 4.78 is 1.67. The Hall–Kier alpha value is -3.72. The molecule has 1 amide bonds. The Kier molecular flexibility index (Phi) is 5.60. The van der Waals surface area contributed by atoms with Gasteiger partial charge in [-0.15, -0.1) is 6.42 Å². The van der Waals surface area contributed by atoms with E-state index in [-0.39, 0.29) is 24.3 Å². The number of carbonyl (C=O) groups excluding carboxylic acids is 3. The lowest BCUT2D eigenvalue weighted by atomic mass is 10.00. The average Bonchev–Trinajstić information content (AvgIpc) is 2.93. The third kappa shape index (κ3) is 3.81. The van der Waals surface area contributed by atoms with E-state index in [4.69, 9.17) is 6.42 Å². The van der Waals surface area contributed by atoms with Gasteiger partial charge in [0.2, 0.25) is 0 Å². The van der Waals surface area contributed by atoms with Crippen LogP contribution in [0, 0.1) is 26.2 Å². The molecular weight excluding hydrogens is 366 g/mol. The number of aromatic nitrogens is 2. The molecule has 0 unspecified atom stereocenters. The lowest BCUT2D eigenvalue weighted by Crippen LogP contribution is -2.31. The molecule has 0 aliphatic heterocycles. The second kappa shape index (κ2) is 8.11. The number of terminal acetylenes is 1. The first-order chi connectivity index (χ1) is 13.8. The molecule has 146 valence electrons. The maximum absolute atomic E-state index is 13.0. The Morgan fingerprint density at radius 3 is 2.69 bits per heavy atom. The number of nitrogens with zero attached hydrogens (tertiary/aromatic N) is 2. The molecule has 1 aromatic carbocycles. The maximum atomic E-state index is 13.0. The number of hydrogen-bond acceptors (Lipinski definition) is 4. The summed E-state index contributed by atoms with van der Waals surface area (Å²) in [7, 11) is 1.72. The van der Waals surface area contributed by atoms with E-state index in [1.54, 1.807) is 31.7 Å². The van der Waals surface area contributed by atoms with Crippen molar-refractivity contribution in [3.63, 3.8) is 0 Å². The normalized spacial score (nSPS) is 10.6. The van der Waals surface area contributed by atoms with Crippen molar-refractivity contribution in [2.75, 3.05) is 6.54 Å². The van der Waals surface area contributed by atoms with Gasteiger partial charge < -0.3 is 9.88 Å². The summed E-state index contributed by atoms with van der Waals surface area (Å²) in [5, 5.41) is 3.33. The minimum atomic E-state index is -0.777. The molecule has 2 heterocycles. The predicted molar refractivity (Wildman–Crippen MR) is 111 cm³/mol.